The van der Waals surface area contributed by atoms with Crippen LogP contribution in [0, 0.1) is 32.9 Å². The maximum Gasteiger partial charge on any atom is 2.00 e. The molecule has 4 aromatic carbocycles. The van der Waals surface area contributed by atoms with E-state index in [0.717, 1.165) is 51.0 Å². The first kappa shape index (κ1) is 31.5. The van der Waals surface area contributed by atoms with Crippen LogP contribution >= 0.6 is 0 Å². The summed E-state index contributed by atoms with van der Waals surface area (Å²) in [6.45, 7) is 13.0. The number of fused-ring (bicyclic) bond motifs is 3. The number of hydrogen-bond donors (Lipinski definition) is 0. The zero-order valence-electron chi connectivity index (χ0n) is 27.0. The van der Waals surface area contributed by atoms with E-state index in [0.29, 0.717) is 11.5 Å². The van der Waals surface area contributed by atoms with Gasteiger partial charge in [-0.25, -0.2) is 4.98 Å². The molecule has 0 N–H and O–H groups in total. The number of benzene rings is 4. The molecule has 7 aromatic rings. The van der Waals surface area contributed by atoms with Crippen molar-refractivity contribution in [3.63, 3.8) is 0 Å². The van der Waals surface area contributed by atoms with Gasteiger partial charge >= 0.3 is 20.4 Å². The Morgan fingerprint density at radius 2 is 1.61 bits per heavy atom. The molecule has 0 saturated heterocycles. The second-order valence-electron chi connectivity index (χ2n) is 12.1. The van der Waals surface area contributed by atoms with Crippen LogP contribution in [0.25, 0.3) is 44.4 Å². The molecule has 0 aliphatic carbocycles. The predicted molar refractivity (Wildman–Crippen MR) is 183 cm³/mol. The Morgan fingerprint density at radius 1 is 0.804 bits per heavy atom. The van der Waals surface area contributed by atoms with E-state index in [1.165, 1.54) is 27.9 Å². The summed E-state index contributed by atoms with van der Waals surface area (Å²) in [5.74, 6) is 2.34. The van der Waals surface area contributed by atoms with Crippen LogP contribution in [-0.2, 0) is 26.8 Å². The van der Waals surface area contributed by atoms with Crippen molar-refractivity contribution in [2.45, 2.75) is 53.9 Å². The zero-order chi connectivity index (χ0) is 31.2. The van der Waals surface area contributed by atoms with Gasteiger partial charge in [0.15, 0.2) is 0 Å². The van der Waals surface area contributed by atoms with Crippen molar-refractivity contribution < 1.29 is 25.2 Å². The molecule has 0 aliphatic heterocycles. The number of ether oxygens (including phenoxy) is 1. The van der Waals surface area contributed by atoms with Gasteiger partial charge in [-0.3, -0.25) is 4.68 Å². The van der Waals surface area contributed by atoms with Gasteiger partial charge < -0.3 is 9.30 Å². The third-order valence-electron chi connectivity index (χ3n) is 8.57. The van der Waals surface area contributed by atoms with Crippen LogP contribution in [0.4, 0.5) is 0 Å². The van der Waals surface area contributed by atoms with Gasteiger partial charge in [0.2, 0.25) is 0 Å². The van der Waals surface area contributed by atoms with Crippen LogP contribution in [0.3, 0.4) is 0 Å². The summed E-state index contributed by atoms with van der Waals surface area (Å²) in [5.41, 5.74) is 11.2. The monoisotopic (exact) mass is 694 g/mol. The summed E-state index contributed by atoms with van der Waals surface area (Å²) in [6.07, 6.45) is 2.69. The zero-order valence-corrected chi connectivity index (χ0v) is 28.5. The van der Waals surface area contributed by atoms with Gasteiger partial charge in [0.25, 0.3) is 0 Å². The minimum absolute atomic E-state index is 0. The fourth-order valence-corrected chi connectivity index (χ4v) is 6.17. The average molecular weight is 695 g/mol. The average Bonchev–Trinajstić information content (AvgIpc) is 3.59. The molecule has 3 aromatic heterocycles. The Balaban J connectivity index is 0.00000372. The van der Waals surface area contributed by atoms with E-state index in [1.54, 1.807) is 0 Å². The topological polar surface area (TPSA) is 44.9 Å². The minimum Gasteiger partial charge on any atom is -0.509 e. The standard InChI is InChI=1S/C40H36N4O.Pd/c1-7-35-39(29-16-15-27(5)28(6)22-29)40(25(2)3)42-44(35)30-11-10-12-31(23-30)45-32-17-18-34-33-13-8-9-14-36(33)43(37(34)24-32)38-21-26(4)19-20-41-38;/h8-22,25H,7H2,1-6H3;/q-2;+2. The molecule has 0 radical (unpaired) electrons. The number of para-hydroxylation sites is 1. The van der Waals surface area contributed by atoms with Crippen LogP contribution in [0.5, 0.6) is 11.5 Å². The Kier molecular flexibility index (Phi) is 8.70. The van der Waals surface area contributed by atoms with Crippen molar-refractivity contribution in [1.29, 1.82) is 0 Å². The van der Waals surface area contributed by atoms with Crippen LogP contribution in [0.2, 0.25) is 0 Å². The quantitative estimate of drug-likeness (QED) is 0.123. The predicted octanol–water partition coefficient (Wildman–Crippen LogP) is 10.0. The smallest absolute Gasteiger partial charge is 0.509 e. The molecule has 0 unspecified atom stereocenters. The fourth-order valence-electron chi connectivity index (χ4n) is 6.17. The molecule has 232 valence electrons. The molecular formula is C40H36N4OPd. The minimum atomic E-state index is 0. The molecule has 0 aliphatic rings. The number of aromatic nitrogens is 4. The number of rotatable bonds is 7. The number of nitrogens with zero attached hydrogens (tertiary/aromatic N) is 4. The molecular weight excluding hydrogens is 659 g/mol. The van der Waals surface area contributed by atoms with Gasteiger partial charge in [0, 0.05) is 34.5 Å². The number of aryl methyl sites for hydroxylation is 3. The van der Waals surface area contributed by atoms with E-state index in [1.807, 2.05) is 41.2 Å². The molecule has 6 heteroatoms. The molecule has 0 saturated carbocycles. The Hall–Kier alpha value is -4.50. The van der Waals surface area contributed by atoms with Crippen molar-refractivity contribution in [3.8, 4) is 34.1 Å². The summed E-state index contributed by atoms with van der Waals surface area (Å²) in [5, 5.41) is 7.41. The SMILES string of the molecule is CCc1c(-c2ccc(C)c(C)c2)c(C(C)C)nn1-c1[c-]c(Oc2[c-]c3c(cc2)c2ccccc2n3-c2cc(C)ccn2)ccc1.[Pd+2]. The van der Waals surface area contributed by atoms with Gasteiger partial charge in [-0.15, -0.1) is 35.7 Å². The van der Waals surface area contributed by atoms with Crippen LogP contribution < -0.4 is 4.74 Å². The first-order chi connectivity index (χ1) is 21.8. The number of hydrogen-bond acceptors (Lipinski definition) is 3. The van der Waals surface area contributed by atoms with Crippen molar-refractivity contribution in [1.82, 2.24) is 19.3 Å². The Morgan fingerprint density at radius 3 is 2.37 bits per heavy atom. The van der Waals surface area contributed by atoms with Gasteiger partial charge in [-0.05, 0) is 84.6 Å². The van der Waals surface area contributed by atoms with Gasteiger partial charge in [-0.2, -0.15) is 17.2 Å². The summed E-state index contributed by atoms with van der Waals surface area (Å²) in [4.78, 5) is 4.70. The second-order valence-corrected chi connectivity index (χ2v) is 12.1. The van der Waals surface area contributed by atoms with Crippen molar-refractivity contribution in [2.24, 2.45) is 0 Å². The summed E-state index contributed by atoms with van der Waals surface area (Å²) in [7, 11) is 0. The molecule has 0 atom stereocenters. The second kappa shape index (κ2) is 12.7. The van der Waals surface area contributed by atoms with Crippen LogP contribution in [0.1, 0.15) is 54.8 Å². The molecule has 0 fully saturated rings. The molecule has 7 rings (SSSR count). The summed E-state index contributed by atoms with van der Waals surface area (Å²) < 4.78 is 10.6. The van der Waals surface area contributed by atoms with Gasteiger partial charge in [0.1, 0.15) is 5.82 Å². The summed E-state index contributed by atoms with van der Waals surface area (Å²) in [6, 6.07) is 36.3. The molecule has 0 amide bonds. The normalized spacial score (nSPS) is 11.4. The van der Waals surface area contributed by atoms with Gasteiger partial charge in [-0.1, -0.05) is 62.7 Å². The maximum atomic E-state index is 6.44. The van der Waals surface area contributed by atoms with E-state index < -0.39 is 0 Å². The van der Waals surface area contributed by atoms with Crippen LogP contribution in [0.15, 0.2) is 91.1 Å². The Labute approximate surface area is 284 Å². The van der Waals surface area contributed by atoms with E-state index in [4.69, 9.17) is 14.8 Å². The third-order valence-corrected chi connectivity index (χ3v) is 8.57. The van der Waals surface area contributed by atoms with Crippen molar-refractivity contribution in [2.75, 3.05) is 0 Å². The first-order valence-electron chi connectivity index (χ1n) is 15.6. The molecule has 0 spiro atoms. The maximum absolute atomic E-state index is 6.44. The van der Waals surface area contributed by atoms with E-state index in [2.05, 4.69) is 113 Å². The number of pyridine rings is 1. The molecule has 3 heterocycles. The van der Waals surface area contributed by atoms with E-state index in [9.17, 15) is 0 Å². The van der Waals surface area contributed by atoms with Crippen LogP contribution in [-0.4, -0.2) is 19.3 Å². The molecule has 46 heavy (non-hydrogen) atoms. The van der Waals surface area contributed by atoms with Crippen molar-refractivity contribution >= 4 is 21.8 Å². The largest absolute Gasteiger partial charge is 2.00 e. The molecule has 0 bridgehead atoms. The summed E-state index contributed by atoms with van der Waals surface area (Å²) >= 11 is 0. The van der Waals surface area contributed by atoms with E-state index in [-0.39, 0.29) is 26.3 Å². The first-order valence-corrected chi connectivity index (χ1v) is 15.6. The van der Waals surface area contributed by atoms with E-state index >= 15 is 0 Å². The third kappa shape index (κ3) is 5.57. The molecule has 5 nitrogen and oxygen atoms in total. The fraction of sp³-hybridized carbons (Fsp3) is 0.200. The Bertz CT molecular complexity index is 2210. The van der Waals surface area contributed by atoms with Crippen molar-refractivity contribution in [3.05, 3.63) is 131 Å². The van der Waals surface area contributed by atoms with Gasteiger partial charge in [0.05, 0.1) is 5.69 Å².